The Morgan fingerprint density at radius 2 is 1.48 bits per heavy atom. The molecule has 2 aromatic rings. The van der Waals surface area contributed by atoms with Crippen molar-refractivity contribution in [2.45, 2.75) is 53.1 Å². The zero-order chi connectivity index (χ0) is 18.4. The van der Waals surface area contributed by atoms with Crippen LogP contribution in [-0.2, 0) is 0 Å². The van der Waals surface area contributed by atoms with E-state index in [4.69, 9.17) is 0 Å². The number of benzene rings is 2. The van der Waals surface area contributed by atoms with Crippen molar-refractivity contribution < 1.29 is 0 Å². The highest BCUT2D eigenvalue weighted by Crippen LogP contribution is 2.52. The smallest absolute Gasteiger partial charge is 0.0733 e. The van der Waals surface area contributed by atoms with E-state index in [-0.39, 0.29) is 5.04 Å². The first-order chi connectivity index (χ1) is 11.7. The first-order valence-corrected chi connectivity index (χ1v) is 11.7. The molecule has 130 valence electrons. The van der Waals surface area contributed by atoms with Crippen molar-refractivity contribution >= 4 is 18.4 Å². The molecule has 0 bridgehead atoms. The molecule has 0 radical (unpaired) electrons. The fraction of sp³-hybridized carbons (Fsp3) is 0.333. The van der Waals surface area contributed by atoms with E-state index in [1.165, 1.54) is 27.5 Å². The van der Waals surface area contributed by atoms with Crippen LogP contribution in [0.15, 0.2) is 71.3 Å². The van der Waals surface area contributed by atoms with Crippen molar-refractivity contribution in [3.05, 3.63) is 82.5 Å². The molecular weight excluding hydrogens is 316 g/mol. The Labute approximate surface area is 154 Å². The van der Waals surface area contributed by atoms with Gasteiger partial charge in [-0.2, -0.15) is 0 Å². The highest BCUT2D eigenvalue weighted by molar-refractivity contribution is 7.04. The maximum atomic E-state index is 2.57. The summed E-state index contributed by atoms with van der Waals surface area (Å²) in [6.45, 7) is 16.4. The van der Waals surface area contributed by atoms with Gasteiger partial charge in [0.25, 0.3) is 0 Å². The van der Waals surface area contributed by atoms with E-state index in [0.29, 0.717) is 0 Å². The number of hydrogen-bond donors (Lipinski definition) is 0. The standard InChI is InChI=1S/C24H30Si/c1-17-13-14-18(2)23(15-17)25(7,22-11-9-8-10-12-22)24(6)16-19(3)20(4)21(24)5/h8-16H,1-7H3. The van der Waals surface area contributed by atoms with Crippen molar-refractivity contribution in [1.82, 2.24) is 0 Å². The fourth-order valence-corrected chi connectivity index (χ4v) is 9.80. The Hall–Kier alpha value is -1.86. The lowest BCUT2D eigenvalue weighted by Crippen LogP contribution is -2.63. The molecule has 0 nitrogen and oxygen atoms in total. The Morgan fingerprint density at radius 1 is 0.840 bits per heavy atom. The van der Waals surface area contributed by atoms with Gasteiger partial charge in [0, 0.05) is 5.04 Å². The molecule has 1 aliphatic carbocycles. The van der Waals surface area contributed by atoms with Gasteiger partial charge in [-0.3, -0.25) is 0 Å². The van der Waals surface area contributed by atoms with Gasteiger partial charge in [0.05, 0.1) is 0 Å². The number of hydrogen-bond acceptors (Lipinski definition) is 0. The topological polar surface area (TPSA) is 0 Å². The van der Waals surface area contributed by atoms with Crippen LogP contribution < -0.4 is 10.4 Å². The van der Waals surface area contributed by atoms with Gasteiger partial charge < -0.3 is 0 Å². The SMILES string of the molecule is CC1=CC(C)([Si](C)(c2ccccc2)c2cc(C)ccc2C)C(C)=C1C. The minimum Gasteiger partial charge on any atom is -0.0733 e. The predicted molar refractivity (Wildman–Crippen MR) is 114 cm³/mol. The largest absolute Gasteiger partial charge is 0.128 e. The maximum absolute atomic E-state index is 2.57. The molecule has 25 heavy (non-hydrogen) atoms. The quantitative estimate of drug-likeness (QED) is 0.639. The Balaban J connectivity index is 2.38. The summed E-state index contributed by atoms with van der Waals surface area (Å²) >= 11 is 0. The van der Waals surface area contributed by atoms with E-state index in [0.717, 1.165) is 0 Å². The molecule has 0 saturated heterocycles. The highest BCUT2D eigenvalue weighted by atomic mass is 28.3. The van der Waals surface area contributed by atoms with Gasteiger partial charge in [-0.15, -0.1) is 0 Å². The van der Waals surface area contributed by atoms with Crippen LogP contribution in [-0.4, -0.2) is 8.07 Å². The molecule has 0 fully saturated rings. The average molecular weight is 347 g/mol. The van der Waals surface area contributed by atoms with Crippen LogP contribution in [0.5, 0.6) is 0 Å². The van der Waals surface area contributed by atoms with Crippen LogP contribution >= 0.6 is 0 Å². The van der Waals surface area contributed by atoms with Crippen LogP contribution in [0.25, 0.3) is 0 Å². The van der Waals surface area contributed by atoms with Gasteiger partial charge in [-0.05, 0) is 40.2 Å². The van der Waals surface area contributed by atoms with E-state index in [1.54, 1.807) is 10.8 Å². The van der Waals surface area contributed by atoms with E-state index < -0.39 is 8.07 Å². The fourth-order valence-electron chi connectivity index (χ4n) is 4.64. The molecule has 2 atom stereocenters. The second-order valence-corrected chi connectivity index (χ2v) is 12.5. The summed E-state index contributed by atoms with van der Waals surface area (Å²) in [4.78, 5) is 0. The number of aryl methyl sites for hydroxylation is 2. The summed E-state index contributed by atoms with van der Waals surface area (Å²) in [5.74, 6) is 0. The van der Waals surface area contributed by atoms with Crippen LogP contribution in [0.3, 0.4) is 0 Å². The van der Waals surface area contributed by atoms with Gasteiger partial charge in [0.1, 0.15) is 8.07 Å². The summed E-state index contributed by atoms with van der Waals surface area (Å²) < 4.78 is 0. The van der Waals surface area contributed by atoms with Crippen molar-refractivity contribution in [2.75, 3.05) is 0 Å². The molecular formula is C24H30Si. The Kier molecular flexibility index (Phi) is 4.41. The minimum absolute atomic E-state index is 0.0983. The second kappa shape index (κ2) is 6.14. The van der Waals surface area contributed by atoms with Crippen molar-refractivity contribution in [1.29, 1.82) is 0 Å². The van der Waals surface area contributed by atoms with Crippen molar-refractivity contribution in [3.63, 3.8) is 0 Å². The molecule has 2 unspecified atom stereocenters. The predicted octanol–water partition coefficient (Wildman–Crippen LogP) is 5.55. The molecule has 0 N–H and O–H groups in total. The monoisotopic (exact) mass is 346 g/mol. The maximum Gasteiger partial charge on any atom is 0.128 e. The summed E-state index contributed by atoms with van der Waals surface area (Å²) in [5.41, 5.74) is 7.25. The highest BCUT2D eigenvalue weighted by Gasteiger charge is 2.51. The summed E-state index contributed by atoms with van der Waals surface area (Å²) in [6, 6.07) is 18.2. The average Bonchev–Trinajstić information content (AvgIpc) is 2.81. The van der Waals surface area contributed by atoms with Crippen LogP contribution in [0.2, 0.25) is 11.6 Å². The van der Waals surface area contributed by atoms with Gasteiger partial charge >= 0.3 is 0 Å². The first-order valence-electron chi connectivity index (χ1n) is 9.23. The summed E-state index contributed by atoms with van der Waals surface area (Å²) in [7, 11) is -2.05. The van der Waals surface area contributed by atoms with Crippen LogP contribution in [0.4, 0.5) is 0 Å². The Bertz CT molecular complexity index is 872. The normalized spacial score (nSPS) is 22.8. The lowest BCUT2D eigenvalue weighted by molar-refractivity contribution is 0.864. The molecule has 0 saturated carbocycles. The Morgan fingerprint density at radius 3 is 2.04 bits per heavy atom. The molecule has 1 heteroatoms. The molecule has 0 amide bonds. The van der Waals surface area contributed by atoms with Crippen molar-refractivity contribution in [3.8, 4) is 0 Å². The van der Waals surface area contributed by atoms with Crippen LogP contribution in [0, 0.1) is 13.8 Å². The van der Waals surface area contributed by atoms with E-state index in [2.05, 4.69) is 103 Å². The first kappa shape index (κ1) is 17.9. The van der Waals surface area contributed by atoms with E-state index >= 15 is 0 Å². The van der Waals surface area contributed by atoms with Gasteiger partial charge in [-0.1, -0.05) is 101 Å². The van der Waals surface area contributed by atoms with E-state index in [1.807, 2.05) is 0 Å². The summed E-state index contributed by atoms with van der Waals surface area (Å²) in [6.07, 6.45) is 2.55. The lowest BCUT2D eigenvalue weighted by atomic mass is 10.0. The van der Waals surface area contributed by atoms with E-state index in [9.17, 15) is 0 Å². The molecule has 3 rings (SSSR count). The molecule has 2 aromatic carbocycles. The molecule has 0 spiro atoms. The molecule has 0 aliphatic heterocycles. The van der Waals surface area contributed by atoms with Gasteiger partial charge in [0.15, 0.2) is 0 Å². The zero-order valence-corrected chi connectivity index (χ0v) is 17.7. The molecule has 0 heterocycles. The third kappa shape index (κ3) is 2.57. The lowest BCUT2D eigenvalue weighted by Gasteiger charge is -2.45. The molecule has 0 aromatic heterocycles. The summed E-state index contributed by atoms with van der Waals surface area (Å²) in [5, 5.41) is 3.18. The van der Waals surface area contributed by atoms with Gasteiger partial charge in [-0.25, -0.2) is 0 Å². The number of rotatable bonds is 3. The number of allylic oxidation sites excluding steroid dienone is 4. The van der Waals surface area contributed by atoms with Crippen LogP contribution in [0.1, 0.15) is 38.8 Å². The van der Waals surface area contributed by atoms with Crippen molar-refractivity contribution in [2.24, 2.45) is 0 Å². The zero-order valence-electron chi connectivity index (χ0n) is 16.7. The third-order valence-electron chi connectivity index (χ3n) is 6.76. The third-order valence-corrected chi connectivity index (χ3v) is 12.5. The molecule has 1 aliphatic rings. The van der Waals surface area contributed by atoms with Gasteiger partial charge in [0.2, 0.25) is 0 Å². The second-order valence-electron chi connectivity index (χ2n) is 8.09. The minimum atomic E-state index is -2.05.